The lowest BCUT2D eigenvalue weighted by Crippen LogP contribution is -2.08. The van der Waals surface area contributed by atoms with Crippen molar-refractivity contribution in [3.8, 4) is 11.1 Å². The summed E-state index contributed by atoms with van der Waals surface area (Å²) in [6.07, 6.45) is -4.64. The summed E-state index contributed by atoms with van der Waals surface area (Å²) in [6.45, 7) is 3.69. The number of halogens is 4. The van der Waals surface area contributed by atoms with Crippen molar-refractivity contribution < 1.29 is 13.2 Å². The molecule has 4 nitrogen and oxygen atoms in total. The molecule has 0 aliphatic carbocycles. The Labute approximate surface area is 170 Å². The molecule has 2 aromatic heterocycles. The maximum Gasteiger partial charge on any atom is 0.435 e. The first-order chi connectivity index (χ1) is 13.7. The van der Waals surface area contributed by atoms with E-state index in [9.17, 15) is 13.2 Å². The van der Waals surface area contributed by atoms with Crippen LogP contribution in [0, 0.1) is 13.8 Å². The number of fused-ring (bicyclic) bond motifs is 1. The van der Waals surface area contributed by atoms with E-state index < -0.39 is 11.9 Å². The third kappa shape index (κ3) is 3.78. The zero-order valence-corrected chi connectivity index (χ0v) is 16.3. The van der Waals surface area contributed by atoms with E-state index in [0.29, 0.717) is 22.1 Å². The minimum Gasteiger partial charge on any atom is -0.340 e. The third-order valence-corrected chi connectivity index (χ3v) is 4.69. The second-order valence-corrected chi connectivity index (χ2v) is 7.17. The molecule has 0 aliphatic heterocycles. The number of alkyl halides is 3. The number of rotatable bonds is 3. The van der Waals surface area contributed by atoms with Gasteiger partial charge in [-0.05, 0) is 43.7 Å². The largest absolute Gasteiger partial charge is 0.435 e. The highest BCUT2D eigenvalue weighted by atomic mass is 35.5. The van der Waals surface area contributed by atoms with Crippen molar-refractivity contribution in [1.82, 2.24) is 14.6 Å². The normalized spacial score (nSPS) is 11.8. The fourth-order valence-corrected chi connectivity index (χ4v) is 3.22. The van der Waals surface area contributed by atoms with E-state index in [0.717, 1.165) is 11.3 Å². The number of nitrogens with zero attached hydrogens (tertiary/aromatic N) is 3. The zero-order valence-electron chi connectivity index (χ0n) is 15.5. The van der Waals surface area contributed by atoms with Gasteiger partial charge in [0.25, 0.3) is 0 Å². The molecule has 148 valence electrons. The lowest BCUT2D eigenvalue weighted by Gasteiger charge is -2.10. The Morgan fingerprint density at radius 3 is 2.24 bits per heavy atom. The smallest absolute Gasteiger partial charge is 0.340 e. The van der Waals surface area contributed by atoms with E-state index in [4.69, 9.17) is 11.6 Å². The molecule has 2 aromatic carbocycles. The number of hydrogen-bond acceptors (Lipinski definition) is 3. The molecule has 4 rings (SSSR count). The van der Waals surface area contributed by atoms with Crippen molar-refractivity contribution in [2.75, 3.05) is 5.32 Å². The Hall–Kier alpha value is -3.06. The van der Waals surface area contributed by atoms with Crippen LogP contribution < -0.4 is 5.32 Å². The molecular formula is C21H16ClF3N4. The summed E-state index contributed by atoms with van der Waals surface area (Å²) in [5.74, 6) is 0.391. The van der Waals surface area contributed by atoms with Gasteiger partial charge >= 0.3 is 6.18 Å². The number of hydrogen-bond donors (Lipinski definition) is 1. The fraction of sp³-hybridized carbons (Fsp3) is 0.143. The lowest BCUT2D eigenvalue weighted by molar-refractivity contribution is -0.140. The van der Waals surface area contributed by atoms with E-state index in [1.807, 2.05) is 31.2 Å². The van der Waals surface area contributed by atoms with Crippen LogP contribution in [-0.2, 0) is 6.18 Å². The predicted molar refractivity (Wildman–Crippen MR) is 108 cm³/mol. The molecule has 4 aromatic rings. The van der Waals surface area contributed by atoms with E-state index >= 15 is 0 Å². The Morgan fingerprint density at radius 1 is 0.966 bits per heavy atom. The minimum absolute atomic E-state index is 0.0789. The average molecular weight is 417 g/mol. The zero-order chi connectivity index (χ0) is 20.8. The highest BCUT2D eigenvalue weighted by Crippen LogP contribution is 2.39. The fourth-order valence-electron chi connectivity index (χ4n) is 3.09. The molecule has 0 unspecified atom stereocenters. The molecule has 1 N–H and O–H groups in total. The second-order valence-electron chi connectivity index (χ2n) is 6.74. The van der Waals surface area contributed by atoms with Crippen LogP contribution in [0.2, 0.25) is 5.02 Å². The average Bonchev–Trinajstić information content (AvgIpc) is 3.04. The van der Waals surface area contributed by atoms with Gasteiger partial charge in [-0.25, -0.2) is 4.98 Å². The van der Waals surface area contributed by atoms with Gasteiger partial charge in [0, 0.05) is 22.5 Å². The third-order valence-electron chi connectivity index (χ3n) is 4.44. The molecule has 0 atom stereocenters. The first-order valence-corrected chi connectivity index (χ1v) is 9.17. The summed E-state index contributed by atoms with van der Waals surface area (Å²) >= 11 is 5.90. The van der Waals surface area contributed by atoms with E-state index in [2.05, 4.69) is 15.4 Å². The molecule has 8 heteroatoms. The van der Waals surface area contributed by atoms with Crippen molar-refractivity contribution in [1.29, 1.82) is 0 Å². The summed E-state index contributed by atoms with van der Waals surface area (Å²) in [6, 6.07) is 15.3. The van der Waals surface area contributed by atoms with E-state index in [1.54, 1.807) is 25.1 Å². The first kappa shape index (κ1) is 19.3. The van der Waals surface area contributed by atoms with Gasteiger partial charge in [-0.2, -0.15) is 22.8 Å². The van der Waals surface area contributed by atoms with Crippen LogP contribution in [0.4, 0.5) is 24.7 Å². The number of benzene rings is 2. The van der Waals surface area contributed by atoms with Gasteiger partial charge in [-0.1, -0.05) is 41.4 Å². The van der Waals surface area contributed by atoms with Crippen LogP contribution in [0.5, 0.6) is 0 Å². The van der Waals surface area contributed by atoms with E-state index in [-0.39, 0.29) is 11.2 Å². The van der Waals surface area contributed by atoms with Crippen molar-refractivity contribution in [3.05, 3.63) is 76.6 Å². The summed E-state index contributed by atoms with van der Waals surface area (Å²) in [5, 5.41) is 7.45. The SMILES string of the molecule is Cc1ccc(Nc2cc(C)nc3c(-c4ccc(Cl)cc4)c(C(F)(F)F)nn23)cc1. The van der Waals surface area contributed by atoms with Crippen LogP contribution >= 0.6 is 11.6 Å². The molecule has 0 aliphatic rings. The molecule has 2 heterocycles. The van der Waals surface area contributed by atoms with Gasteiger partial charge in [0.2, 0.25) is 0 Å². The molecule has 0 saturated heterocycles. The summed E-state index contributed by atoms with van der Waals surface area (Å²) in [7, 11) is 0. The van der Waals surface area contributed by atoms with Crippen molar-refractivity contribution in [2.45, 2.75) is 20.0 Å². The number of aromatic nitrogens is 3. The molecule has 0 bridgehead atoms. The summed E-state index contributed by atoms with van der Waals surface area (Å²) in [4.78, 5) is 4.35. The van der Waals surface area contributed by atoms with Crippen LogP contribution in [0.15, 0.2) is 54.6 Å². The lowest BCUT2D eigenvalue weighted by atomic mass is 10.1. The molecule has 0 radical (unpaired) electrons. The van der Waals surface area contributed by atoms with Crippen LogP contribution in [0.3, 0.4) is 0 Å². The van der Waals surface area contributed by atoms with Crippen LogP contribution in [0.25, 0.3) is 16.8 Å². The van der Waals surface area contributed by atoms with Gasteiger partial charge in [0.15, 0.2) is 11.3 Å². The maximum absolute atomic E-state index is 13.8. The highest BCUT2D eigenvalue weighted by molar-refractivity contribution is 6.30. The first-order valence-electron chi connectivity index (χ1n) is 8.79. The maximum atomic E-state index is 13.8. The van der Waals surface area contributed by atoms with Gasteiger partial charge in [0.1, 0.15) is 5.82 Å². The Morgan fingerprint density at radius 2 is 1.62 bits per heavy atom. The van der Waals surface area contributed by atoms with E-state index in [1.165, 1.54) is 16.6 Å². The molecule has 0 amide bonds. The van der Waals surface area contributed by atoms with Crippen molar-refractivity contribution in [2.24, 2.45) is 0 Å². The Bertz CT molecular complexity index is 1180. The van der Waals surface area contributed by atoms with Crippen molar-refractivity contribution >= 4 is 28.8 Å². The minimum atomic E-state index is -4.64. The number of anilines is 2. The quantitative estimate of drug-likeness (QED) is 0.418. The summed E-state index contributed by atoms with van der Waals surface area (Å²) in [5.41, 5.74) is 1.77. The molecule has 0 spiro atoms. The molecule has 0 fully saturated rings. The topological polar surface area (TPSA) is 42.2 Å². The monoisotopic (exact) mass is 416 g/mol. The molecule has 0 saturated carbocycles. The van der Waals surface area contributed by atoms with Crippen molar-refractivity contribution in [3.63, 3.8) is 0 Å². The standard InChI is InChI=1S/C21H16ClF3N4/c1-12-3-9-16(10-4-12)27-17-11-13(2)26-20-18(14-5-7-15(22)8-6-14)19(21(23,24)25)28-29(17)20/h3-11,27H,1-2H3. The second kappa shape index (κ2) is 7.08. The molecular weight excluding hydrogens is 401 g/mol. The predicted octanol–water partition coefficient (Wildman–Crippen LogP) is 6.43. The Balaban J connectivity index is 1.95. The van der Waals surface area contributed by atoms with Gasteiger partial charge < -0.3 is 5.32 Å². The van der Waals surface area contributed by atoms with Crippen LogP contribution in [0.1, 0.15) is 17.0 Å². The Kier molecular flexibility index (Phi) is 4.70. The highest BCUT2D eigenvalue weighted by Gasteiger charge is 2.39. The van der Waals surface area contributed by atoms with Gasteiger partial charge in [-0.3, -0.25) is 0 Å². The van der Waals surface area contributed by atoms with Gasteiger partial charge in [0.05, 0.1) is 5.56 Å². The summed E-state index contributed by atoms with van der Waals surface area (Å²) < 4.78 is 42.6. The van der Waals surface area contributed by atoms with Crippen LogP contribution in [-0.4, -0.2) is 14.6 Å². The number of aryl methyl sites for hydroxylation is 2. The number of nitrogens with one attached hydrogen (secondary N) is 1. The van der Waals surface area contributed by atoms with Gasteiger partial charge in [-0.15, -0.1) is 0 Å². The molecule has 29 heavy (non-hydrogen) atoms.